The first-order valence-corrected chi connectivity index (χ1v) is 9.98. The number of carboxylic acid groups (broad SMARTS) is 1. The van der Waals surface area contributed by atoms with Crippen LogP contribution in [0.1, 0.15) is 18.1 Å². The minimum absolute atomic E-state index is 0.193. The van der Waals surface area contributed by atoms with Crippen molar-refractivity contribution in [2.45, 2.75) is 19.4 Å². The van der Waals surface area contributed by atoms with Crippen LogP contribution in [0, 0.1) is 0 Å². The Hall–Kier alpha value is -2.64. The fourth-order valence-electron chi connectivity index (χ4n) is 2.85. The van der Waals surface area contributed by atoms with Crippen molar-refractivity contribution in [3.63, 3.8) is 0 Å². The number of carbonyl (C=O) groups is 2. The molecule has 7 heteroatoms. The van der Waals surface area contributed by atoms with Crippen LogP contribution in [0.5, 0.6) is 5.75 Å². The summed E-state index contributed by atoms with van der Waals surface area (Å²) < 4.78 is 5.67. The number of aliphatic carboxylic acids is 1. The number of carboxylic acids is 1. The largest absolute Gasteiger partial charge is 0.494 e. The summed E-state index contributed by atoms with van der Waals surface area (Å²) in [6.07, 6.45) is 1.91. The highest BCUT2D eigenvalue weighted by Crippen LogP contribution is 2.35. The Labute approximate surface area is 173 Å². The predicted octanol–water partition coefficient (Wildman–Crippen LogP) is 3.98. The van der Waals surface area contributed by atoms with E-state index in [4.69, 9.17) is 17.0 Å². The molecule has 1 aliphatic heterocycles. The van der Waals surface area contributed by atoms with E-state index < -0.39 is 12.0 Å². The Balaban J connectivity index is 1.82. The summed E-state index contributed by atoms with van der Waals surface area (Å²) in [5, 5.41) is 9.69. The molecule has 1 fully saturated rings. The molecular formula is C21H19NO4S2. The Bertz CT molecular complexity index is 910. The van der Waals surface area contributed by atoms with E-state index >= 15 is 0 Å². The van der Waals surface area contributed by atoms with Crippen LogP contribution in [0.4, 0.5) is 0 Å². The molecule has 0 saturated carbocycles. The summed E-state index contributed by atoms with van der Waals surface area (Å²) in [6, 6.07) is 15.5. The first-order valence-electron chi connectivity index (χ1n) is 8.76. The molecular weight excluding hydrogens is 394 g/mol. The molecule has 3 rings (SSSR count). The Morgan fingerprint density at radius 1 is 1.21 bits per heavy atom. The van der Waals surface area contributed by atoms with Gasteiger partial charge in [0, 0.05) is 6.42 Å². The molecule has 0 radical (unpaired) electrons. The Morgan fingerprint density at radius 3 is 2.50 bits per heavy atom. The van der Waals surface area contributed by atoms with Gasteiger partial charge >= 0.3 is 5.97 Å². The zero-order valence-corrected chi connectivity index (χ0v) is 16.8. The lowest BCUT2D eigenvalue weighted by Crippen LogP contribution is -2.45. The summed E-state index contributed by atoms with van der Waals surface area (Å²) in [4.78, 5) is 26.4. The lowest BCUT2D eigenvalue weighted by atomic mass is 10.0. The zero-order valence-electron chi connectivity index (χ0n) is 15.2. The van der Waals surface area contributed by atoms with Gasteiger partial charge in [-0.1, -0.05) is 66.4 Å². The quantitative estimate of drug-likeness (QED) is 0.547. The van der Waals surface area contributed by atoms with Crippen molar-refractivity contribution < 1.29 is 19.4 Å². The highest BCUT2D eigenvalue weighted by Gasteiger charge is 2.40. The van der Waals surface area contributed by atoms with Crippen molar-refractivity contribution >= 4 is 46.3 Å². The van der Waals surface area contributed by atoms with Crippen molar-refractivity contribution in [1.82, 2.24) is 4.90 Å². The van der Waals surface area contributed by atoms with Gasteiger partial charge < -0.3 is 9.84 Å². The van der Waals surface area contributed by atoms with Crippen molar-refractivity contribution in [2.75, 3.05) is 6.61 Å². The second kappa shape index (κ2) is 9.03. The number of thioether (sulfide) groups is 1. The highest BCUT2D eigenvalue weighted by molar-refractivity contribution is 8.26. The van der Waals surface area contributed by atoms with Crippen LogP contribution in [0.25, 0.3) is 6.08 Å². The maximum atomic E-state index is 12.9. The predicted molar refractivity (Wildman–Crippen MR) is 114 cm³/mol. The average molecular weight is 414 g/mol. The normalized spacial score (nSPS) is 16.5. The maximum absolute atomic E-state index is 12.9. The van der Waals surface area contributed by atoms with Gasteiger partial charge in [0.05, 0.1) is 11.5 Å². The number of ether oxygens (including phenoxy) is 1. The lowest BCUT2D eigenvalue weighted by Gasteiger charge is -2.23. The van der Waals surface area contributed by atoms with Gasteiger partial charge in [-0.15, -0.1) is 0 Å². The van der Waals surface area contributed by atoms with E-state index in [1.165, 1.54) is 4.90 Å². The van der Waals surface area contributed by atoms with Gasteiger partial charge in [0.2, 0.25) is 0 Å². The third kappa shape index (κ3) is 4.61. The number of amides is 1. The third-order valence-electron chi connectivity index (χ3n) is 4.18. The Morgan fingerprint density at radius 2 is 1.89 bits per heavy atom. The molecule has 0 aliphatic carbocycles. The number of hydrogen-bond donors (Lipinski definition) is 1. The van der Waals surface area contributed by atoms with Crippen LogP contribution in [0.2, 0.25) is 0 Å². The van der Waals surface area contributed by atoms with Crippen molar-refractivity contribution in [1.29, 1.82) is 0 Å². The summed E-state index contributed by atoms with van der Waals surface area (Å²) in [5.41, 5.74) is 1.65. The number of benzene rings is 2. The fourth-order valence-corrected chi connectivity index (χ4v) is 4.21. The summed E-state index contributed by atoms with van der Waals surface area (Å²) >= 11 is 6.44. The van der Waals surface area contributed by atoms with Gasteiger partial charge in [-0.05, 0) is 36.3 Å². The van der Waals surface area contributed by atoms with E-state index in [-0.39, 0.29) is 16.6 Å². The van der Waals surface area contributed by atoms with Crippen LogP contribution in [-0.2, 0) is 16.0 Å². The highest BCUT2D eigenvalue weighted by atomic mass is 32.2. The van der Waals surface area contributed by atoms with Gasteiger partial charge in [-0.2, -0.15) is 0 Å². The van der Waals surface area contributed by atoms with Gasteiger partial charge in [0.25, 0.3) is 5.91 Å². The summed E-state index contributed by atoms with van der Waals surface area (Å²) in [5.74, 6) is -0.712. The number of carbonyl (C=O) groups excluding carboxylic acids is 1. The van der Waals surface area contributed by atoms with Crippen LogP contribution in [0.15, 0.2) is 59.5 Å². The van der Waals surface area contributed by atoms with Gasteiger partial charge in [-0.3, -0.25) is 9.69 Å². The standard InChI is InChI=1S/C21H19NO4S2/c1-2-26-16-10-8-15(9-11-16)13-18-19(23)22(21(27)28-18)17(20(24)25)12-14-6-4-3-5-7-14/h3-11,13,17H,2,12H2,1H3,(H,24,25)/b18-13-/t17-/m0/s1. The average Bonchev–Trinajstić information content (AvgIpc) is 2.95. The lowest BCUT2D eigenvalue weighted by molar-refractivity contribution is -0.145. The van der Waals surface area contributed by atoms with Crippen LogP contribution >= 0.6 is 24.0 Å². The fraction of sp³-hybridized carbons (Fsp3) is 0.190. The van der Waals surface area contributed by atoms with Crippen molar-refractivity contribution in [3.05, 3.63) is 70.6 Å². The molecule has 144 valence electrons. The molecule has 2 aromatic rings. The first-order chi connectivity index (χ1) is 13.5. The van der Waals surface area contributed by atoms with E-state index in [9.17, 15) is 14.7 Å². The van der Waals surface area contributed by atoms with E-state index in [1.54, 1.807) is 6.08 Å². The molecule has 0 spiro atoms. The third-order valence-corrected chi connectivity index (χ3v) is 5.51. The summed E-state index contributed by atoms with van der Waals surface area (Å²) in [6.45, 7) is 2.49. The number of thiocarbonyl (C=S) groups is 1. The minimum atomic E-state index is -1.08. The Kier molecular flexibility index (Phi) is 6.49. The molecule has 1 saturated heterocycles. The molecule has 1 heterocycles. The molecule has 1 N–H and O–H groups in total. The molecule has 0 unspecified atom stereocenters. The smallest absolute Gasteiger partial charge is 0.327 e. The molecule has 5 nitrogen and oxygen atoms in total. The monoisotopic (exact) mass is 413 g/mol. The molecule has 1 amide bonds. The second-order valence-electron chi connectivity index (χ2n) is 6.10. The van der Waals surface area contributed by atoms with Crippen LogP contribution in [0.3, 0.4) is 0 Å². The van der Waals surface area contributed by atoms with E-state index in [0.29, 0.717) is 11.5 Å². The van der Waals surface area contributed by atoms with Crippen LogP contribution < -0.4 is 4.74 Å². The minimum Gasteiger partial charge on any atom is -0.494 e. The number of rotatable bonds is 7. The van der Waals surface area contributed by atoms with E-state index in [2.05, 4.69) is 0 Å². The van der Waals surface area contributed by atoms with E-state index in [0.717, 1.165) is 28.6 Å². The number of nitrogens with zero attached hydrogens (tertiary/aromatic N) is 1. The van der Waals surface area contributed by atoms with Gasteiger partial charge in [0.1, 0.15) is 16.1 Å². The second-order valence-corrected chi connectivity index (χ2v) is 7.77. The van der Waals surface area contributed by atoms with E-state index in [1.807, 2.05) is 61.5 Å². The van der Waals surface area contributed by atoms with Gasteiger partial charge in [0.15, 0.2) is 0 Å². The molecule has 0 aromatic heterocycles. The molecule has 28 heavy (non-hydrogen) atoms. The van der Waals surface area contributed by atoms with Gasteiger partial charge in [-0.25, -0.2) is 4.79 Å². The molecule has 1 aliphatic rings. The first kappa shape index (κ1) is 20.1. The number of hydrogen-bond acceptors (Lipinski definition) is 5. The van der Waals surface area contributed by atoms with Crippen molar-refractivity contribution in [3.8, 4) is 5.75 Å². The summed E-state index contributed by atoms with van der Waals surface area (Å²) in [7, 11) is 0. The van der Waals surface area contributed by atoms with Crippen LogP contribution in [-0.4, -0.2) is 38.9 Å². The maximum Gasteiger partial charge on any atom is 0.327 e. The zero-order chi connectivity index (χ0) is 20.1. The molecule has 0 bridgehead atoms. The van der Waals surface area contributed by atoms with Crippen molar-refractivity contribution in [2.24, 2.45) is 0 Å². The molecule has 2 aromatic carbocycles. The topological polar surface area (TPSA) is 66.8 Å². The SMILES string of the molecule is CCOc1ccc(/C=C2\SC(=S)N([C@@H](Cc3ccccc3)C(=O)O)C2=O)cc1. The molecule has 1 atom stereocenters.